The fourth-order valence-electron chi connectivity index (χ4n) is 1.31. The molecule has 0 aromatic heterocycles. The molecule has 17 heavy (non-hydrogen) atoms. The monoisotopic (exact) mass is 319 g/mol. The van der Waals surface area contributed by atoms with Crippen LogP contribution in [0.15, 0.2) is 22.7 Å². The van der Waals surface area contributed by atoms with Crippen molar-refractivity contribution in [2.75, 3.05) is 11.5 Å². The highest BCUT2D eigenvalue weighted by Crippen LogP contribution is 2.18. The van der Waals surface area contributed by atoms with Gasteiger partial charge in [0.2, 0.25) is 0 Å². The van der Waals surface area contributed by atoms with Crippen LogP contribution in [-0.2, 0) is 0 Å². The largest absolute Gasteiger partial charge is 0.349 e. The first-order valence-corrected chi connectivity index (χ1v) is 7.33. The molecule has 0 aliphatic carbocycles. The minimum atomic E-state index is -0.358. The van der Waals surface area contributed by atoms with Gasteiger partial charge >= 0.3 is 0 Å². The molecule has 0 heterocycles. The molecule has 1 atom stereocenters. The first kappa shape index (κ1) is 14.5. The maximum absolute atomic E-state index is 12.9. The maximum atomic E-state index is 12.9. The molecule has 0 bridgehead atoms. The van der Waals surface area contributed by atoms with Gasteiger partial charge in [0.1, 0.15) is 5.82 Å². The van der Waals surface area contributed by atoms with Crippen LogP contribution in [0.25, 0.3) is 0 Å². The molecule has 0 aliphatic rings. The number of carbonyl (C=O) groups excluding carboxylic acids is 1. The summed E-state index contributed by atoms with van der Waals surface area (Å²) in [6.45, 7) is 4.04. The van der Waals surface area contributed by atoms with Gasteiger partial charge in [0, 0.05) is 16.3 Å². The number of amides is 1. The average molecular weight is 320 g/mol. The fourth-order valence-corrected chi connectivity index (χ4v) is 2.51. The third-order valence-corrected chi connectivity index (χ3v) is 3.93. The van der Waals surface area contributed by atoms with Gasteiger partial charge in [-0.15, -0.1) is 0 Å². The zero-order valence-corrected chi connectivity index (χ0v) is 12.2. The van der Waals surface area contributed by atoms with E-state index in [0.717, 1.165) is 11.5 Å². The highest BCUT2D eigenvalue weighted by Gasteiger charge is 2.13. The second-order valence-corrected chi connectivity index (χ2v) is 5.83. The molecule has 0 saturated heterocycles. The van der Waals surface area contributed by atoms with E-state index < -0.39 is 0 Å². The number of halogens is 2. The van der Waals surface area contributed by atoms with Crippen molar-refractivity contribution >= 4 is 33.6 Å². The van der Waals surface area contributed by atoms with E-state index in [1.54, 1.807) is 11.8 Å². The van der Waals surface area contributed by atoms with Gasteiger partial charge in [-0.2, -0.15) is 11.8 Å². The smallest absolute Gasteiger partial charge is 0.252 e. The van der Waals surface area contributed by atoms with Gasteiger partial charge in [-0.1, -0.05) is 6.92 Å². The summed E-state index contributed by atoms with van der Waals surface area (Å²) in [5, 5.41) is 2.88. The Kier molecular flexibility index (Phi) is 5.98. The number of hydrogen-bond donors (Lipinski definition) is 1. The zero-order valence-electron chi connectivity index (χ0n) is 9.80. The van der Waals surface area contributed by atoms with Gasteiger partial charge in [-0.25, -0.2) is 4.39 Å². The van der Waals surface area contributed by atoms with Crippen LogP contribution in [0.2, 0.25) is 0 Å². The lowest BCUT2D eigenvalue weighted by Crippen LogP contribution is -2.34. The molecule has 1 aromatic rings. The van der Waals surface area contributed by atoms with E-state index in [2.05, 4.69) is 28.2 Å². The fraction of sp³-hybridized carbons (Fsp3) is 0.417. The minimum Gasteiger partial charge on any atom is -0.349 e. The standard InChI is InChI=1S/C12H15BrFNOS/c1-3-17-7-8(2)15-12(16)10-5-4-9(14)6-11(10)13/h4-6,8H,3,7H2,1-2H3,(H,15,16). The Bertz CT molecular complexity index is 400. The molecule has 1 aromatic carbocycles. The molecule has 1 amide bonds. The second kappa shape index (κ2) is 7.01. The summed E-state index contributed by atoms with van der Waals surface area (Å²) in [6.07, 6.45) is 0. The van der Waals surface area contributed by atoms with Crippen LogP contribution < -0.4 is 5.32 Å². The van der Waals surface area contributed by atoms with Crippen LogP contribution in [0.4, 0.5) is 4.39 Å². The Balaban J connectivity index is 2.63. The molecule has 0 radical (unpaired) electrons. The summed E-state index contributed by atoms with van der Waals surface area (Å²) in [6, 6.07) is 4.16. The van der Waals surface area contributed by atoms with Crippen molar-refractivity contribution in [3.05, 3.63) is 34.1 Å². The van der Waals surface area contributed by atoms with Crippen LogP contribution in [0, 0.1) is 5.82 Å². The van der Waals surface area contributed by atoms with Crippen molar-refractivity contribution in [2.45, 2.75) is 19.9 Å². The molecule has 2 nitrogen and oxygen atoms in total. The lowest BCUT2D eigenvalue weighted by molar-refractivity contribution is 0.0943. The number of nitrogens with one attached hydrogen (secondary N) is 1. The summed E-state index contributed by atoms with van der Waals surface area (Å²) in [5.74, 6) is 1.37. The number of thioether (sulfide) groups is 1. The van der Waals surface area contributed by atoms with Gasteiger partial charge in [0.05, 0.1) is 5.56 Å². The van der Waals surface area contributed by atoms with Crippen LogP contribution in [0.3, 0.4) is 0 Å². The highest BCUT2D eigenvalue weighted by atomic mass is 79.9. The molecule has 1 unspecified atom stereocenters. The molecule has 0 fully saturated rings. The topological polar surface area (TPSA) is 29.1 Å². The SMILES string of the molecule is CCSCC(C)NC(=O)c1ccc(F)cc1Br. The summed E-state index contributed by atoms with van der Waals surface area (Å²) >= 11 is 4.96. The van der Waals surface area contributed by atoms with Gasteiger partial charge in [0.25, 0.3) is 5.91 Å². The molecule has 0 aliphatic heterocycles. The molecule has 94 valence electrons. The number of rotatable bonds is 5. The van der Waals surface area contributed by atoms with E-state index in [4.69, 9.17) is 0 Å². The van der Waals surface area contributed by atoms with Gasteiger partial charge < -0.3 is 5.32 Å². The van der Waals surface area contributed by atoms with E-state index in [9.17, 15) is 9.18 Å². The summed E-state index contributed by atoms with van der Waals surface area (Å²) < 4.78 is 13.4. The predicted molar refractivity (Wildman–Crippen MR) is 74.0 cm³/mol. The van der Waals surface area contributed by atoms with E-state index >= 15 is 0 Å². The third-order valence-electron chi connectivity index (χ3n) is 2.13. The molecule has 1 rings (SSSR count). The van der Waals surface area contributed by atoms with E-state index in [-0.39, 0.29) is 17.8 Å². The Morgan fingerprint density at radius 1 is 1.59 bits per heavy atom. The quantitative estimate of drug-likeness (QED) is 0.900. The normalized spacial score (nSPS) is 12.2. The first-order valence-electron chi connectivity index (χ1n) is 5.38. The number of hydrogen-bond acceptors (Lipinski definition) is 2. The molecular formula is C12H15BrFNOS. The van der Waals surface area contributed by atoms with Crippen molar-refractivity contribution in [3.63, 3.8) is 0 Å². The molecule has 0 spiro atoms. The Labute approximate surface area is 113 Å². The van der Waals surface area contributed by atoms with Crippen LogP contribution in [0.5, 0.6) is 0 Å². The molecule has 1 N–H and O–H groups in total. The molecule has 0 saturated carbocycles. The van der Waals surface area contributed by atoms with Gasteiger partial charge in [-0.05, 0) is 46.8 Å². The van der Waals surface area contributed by atoms with Gasteiger partial charge in [0.15, 0.2) is 0 Å². The lowest BCUT2D eigenvalue weighted by Gasteiger charge is -2.13. The van der Waals surface area contributed by atoms with Crippen LogP contribution in [-0.4, -0.2) is 23.5 Å². The minimum absolute atomic E-state index is 0.101. The van der Waals surface area contributed by atoms with Crippen LogP contribution in [0.1, 0.15) is 24.2 Å². The highest BCUT2D eigenvalue weighted by molar-refractivity contribution is 9.10. The number of benzene rings is 1. The van der Waals surface area contributed by atoms with Crippen molar-refractivity contribution in [1.82, 2.24) is 5.32 Å². The molecule has 5 heteroatoms. The van der Waals surface area contributed by atoms with E-state index in [0.29, 0.717) is 10.0 Å². The maximum Gasteiger partial charge on any atom is 0.252 e. The van der Waals surface area contributed by atoms with Crippen molar-refractivity contribution in [2.24, 2.45) is 0 Å². The molecular weight excluding hydrogens is 305 g/mol. The first-order chi connectivity index (χ1) is 8.04. The predicted octanol–water partition coefficient (Wildman–Crippen LogP) is 3.46. The van der Waals surface area contributed by atoms with Crippen molar-refractivity contribution in [1.29, 1.82) is 0 Å². The Hall–Kier alpha value is -0.550. The number of carbonyl (C=O) groups is 1. The van der Waals surface area contributed by atoms with Crippen LogP contribution >= 0.6 is 27.7 Å². The van der Waals surface area contributed by atoms with Crippen molar-refractivity contribution < 1.29 is 9.18 Å². The summed E-state index contributed by atoms with van der Waals surface area (Å²) in [4.78, 5) is 11.9. The van der Waals surface area contributed by atoms with E-state index in [1.165, 1.54) is 18.2 Å². The van der Waals surface area contributed by atoms with Gasteiger partial charge in [-0.3, -0.25) is 4.79 Å². The van der Waals surface area contributed by atoms with E-state index in [1.807, 2.05) is 6.92 Å². The Morgan fingerprint density at radius 3 is 2.88 bits per heavy atom. The zero-order chi connectivity index (χ0) is 12.8. The third kappa shape index (κ3) is 4.68. The Morgan fingerprint density at radius 2 is 2.29 bits per heavy atom. The summed E-state index contributed by atoms with van der Waals surface area (Å²) in [7, 11) is 0. The summed E-state index contributed by atoms with van der Waals surface area (Å²) in [5.41, 5.74) is 0.458. The lowest BCUT2D eigenvalue weighted by atomic mass is 10.2. The van der Waals surface area contributed by atoms with Crippen molar-refractivity contribution in [3.8, 4) is 0 Å². The average Bonchev–Trinajstić information content (AvgIpc) is 2.26. The second-order valence-electron chi connectivity index (χ2n) is 3.66.